The molecule has 1 unspecified atom stereocenters. The summed E-state index contributed by atoms with van der Waals surface area (Å²) in [5, 5.41) is 14.9. The maximum absolute atomic E-state index is 14.5. The first-order valence-corrected chi connectivity index (χ1v) is 11.4. The number of nitrogens with one attached hydrogen (secondary N) is 2. The lowest BCUT2D eigenvalue weighted by atomic mass is 10.1. The summed E-state index contributed by atoms with van der Waals surface area (Å²) in [6.07, 6.45) is 3.20. The Morgan fingerprint density at radius 1 is 1.34 bits per heavy atom. The maximum atomic E-state index is 14.5. The summed E-state index contributed by atoms with van der Waals surface area (Å²) in [5.74, 6) is 2.79. The van der Waals surface area contributed by atoms with Crippen molar-refractivity contribution in [3.8, 4) is 5.75 Å². The molecule has 0 aliphatic heterocycles. The van der Waals surface area contributed by atoms with Gasteiger partial charge in [-0.15, -0.1) is 10.2 Å². The van der Waals surface area contributed by atoms with Crippen LogP contribution in [0.15, 0.2) is 23.2 Å². The van der Waals surface area contributed by atoms with Gasteiger partial charge in [0.25, 0.3) is 0 Å². The standard InChI is InChI=1S/C23H35FN6O2/c1-5-31-12-6-11-25-23(26-14-22-29-28-17(3)30(22)4)27-16(2)19-9-10-21(20(24)13-19)32-15-18-7-8-18/h9-10,13,16,18H,5-8,11-12,14-15H2,1-4H3,(H2,25,26,27). The van der Waals surface area contributed by atoms with Crippen LogP contribution in [0.1, 0.15) is 56.4 Å². The average molecular weight is 447 g/mol. The highest BCUT2D eigenvalue weighted by Crippen LogP contribution is 2.30. The summed E-state index contributed by atoms with van der Waals surface area (Å²) >= 11 is 0. The number of hydrogen-bond donors (Lipinski definition) is 2. The van der Waals surface area contributed by atoms with Gasteiger partial charge >= 0.3 is 0 Å². The zero-order valence-corrected chi connectivity index (χ0v) is 19.5. The highest BCUT2D eigenvalue weighted by molar-refractivity contribution is 5.80. The van der Waals surface area contributed by atoms with Gasteiger partial charge in [-0.05, 0) is 63.6 Å². The summed E-state index contributed by atoms with van der Waals surface area (Å²) in [7, 11) is 1.92. The van der Waals surface area contributed by atoms with E-state index in [2.05, 4.69) is 25.8 Å². The summed E-state index contributed by atoms with van der Waals surface area (Å²) in [5.41, 5.74) is 0.819. The molecule has 1 fully saturated rings. The molecule has 2 N–H and O–H groups in total. The number of nitrogens with zero attached hydrogens (tertiary/aromatic N) is 4. The van der Waals surface area contributed by atoms with E-state index in [1.165, 1.54) is 18.9 Å². The van der Waals surface area contributed by atoms with E-state index in [1.54, 1.807) is 6.07 Å². The molecule has 0 amide bonds. The van der Waals surface area contributed by atoms with E-state index >= 15 is 0 Å². The number of aryl methyl sites for hydroxylation is 1. The van der Waals surface area contributed by atoms with Gasteiger partial charge in [-0.3, -0.25) is 0 Å². The first-order chi connectivity index (χ1) is 15.5. The number of hydrogen-bond acceptors (Lipinski definition) is 5. The number of halogens is 1. The van der Waals surface area contributed by atoms with Crippen LogP contribution in [0.5, 0.6) is 5.75 Å². The molecule has 0 radical (unpaired) electrons. The Morgan fingerprint density at radius 2 is 2.16 bits per heavy atom. The Morgan fingerprint density at radius 3 is 2.81 bits per heavy atom. The van der Waals surface area contributed by atoms with Crippen molar-refractivity contribution >= 4 is 5.96 Å². The van der Waals surface area contributed by atoms with Crippen molar-refractivity contribution in [2.24, 2.45) is 18.0 Å². The molecule has 0 bridgehead atoms. The van der Waals surface area contributed by atoms with E-state index < -0.39 is 0 Å². The van der Waals surface area contributed by atoms with Crippen LogP contribution in [0.2, 0.25) is 0 Å². The zero-order chi connectivity index (χ0) is 22.9. The van der Waals surface area contributed by atoms with Crippen LogP contribution < -0.4 is 15.4 Å². The van der Waals surface area contributed by atoms with Crippen molar-refractivity contribution in [2.75, 3.05) is 26.4 Å². The van der Waals surface area contributed by atoms with Crippen LogP contribution in [0, 0.1) is 18.7 Å². The number of guanidine groups is 1. The minimum atomic E-state index is -0.338. The molecule has 3 rings (SSSR count). The van der Waals surface area contributed by atoms with Crippen LogP contribution in [0.25, 0.3) is 0 Å². The molecule has 1 aliphatic carbocycles. The summed E-state index contributed by atoms with van der Waals surface area (Å²) in [4.78, 5) is 4.66. The predicted octanol–water partition coefficient (Wildman–Crippen LogP) is 3.27. The fourth-order valence-corrected chi connectivity index (χ4v) is 3.10. The number of aromatic nitrogens is 3. The molecule has 1 aromatic heterocycles. The van der Waals surface area contributed by atoms with E-state index in [0.29, 0.717) is 50.5 Å². The molecule has 1 aliphatic rings. The molecule has 0 spiro atoms. The van der Waals surface area contributed by atoms with E-state index in [1.807, 2.05) is 38.5 Å². The minimum Gasteiger partial charge on any atom is -0.490 e. The molecule has 1 saturated carbocycles. The number of aliphatic imine (C=N–C) groups is 1. The van der Waals surface area contributed by atoms with Crippen molar-refractivity contribution in [3.05, 3.63) is 41.2 Å². The molecular weight excluding hydrogens is 411 g/mol. The molecule has 9 heteroatoms. The van der Waals surface area contributed by atoms with E-state index in [4.69, 9.17) is 9.47 Å². The molecule has 1 heterocycles. The van der Waals surface area contributed by atoms with Crippen LogP contribution in [0.3, 0.4) is 0 Å². The molecule has 8 nitrogen and oxygen atoms in total. The van der Waals surface area contributed by atoms with Crippen LogP contribution in [0.4, 0.5) is 4.39 Å². The fourth-order valence-electron chi connectivity index (χ4n) is 3.10. The van der Waals surface area contributed by atoms with Gasteiger partial charge < -0.3 is 24.7 Å². The van der Waals surface area contributed by atoms with Gasteiger partial charge in [0, 0.05) is 26.8 Å². The monoisotopic (exact) mass is 446 g/mol. The Bertz CT molecular complexity index is 897. The zero-order valence-electron chi connectivity index (χ0n) is 19.5. The van der Waals surface area contributed by atoms with E-state index in [9.17, 15) is 4.39 Å². The SMILES string of the molecule is CCOCCCNC(=NCc1nnc(C)n1C)NC(C)c1ccc(OCC2CC2)c(F)c1. The number of benzene rings is 1. The van der Waals surface area contributed by atoms with Crippen molar-refractivity contribution in [1.82, 2.24) is 25.4 Å². The van der Waals surface area contributed by atoms with Crippen molar-refractivity contribution < 1.29 is 13.9 Å². The quantitative estimate of drug-likeness (QED) is 0.296. The van der Waals surface area contributed by atoms with Gasteiger partial charge in [0.05, 0.1) is 12.6 Å². The lowest BCUT2D eigenvalue weighted by molar-refractivity contribution is 0.145. The molecule has 2 aromatic rings. The lowest BCUT2D eigenvalue weighted by Gasteiger charge is -2.19. The third kappa shape index (κ3) is 7.19. The molecular formula is C23H35FN6O2. The summed E-state index contributed by atoms with van der Waals surface area (Å²) in [6.45, 7) is 8.92. The topological polar surface area (TPSA) is 85.6 Å². The average Bonchev–Trinajstić information content (AvgIpc) is 3.56. The lowest BCUT2D eigenvalue weighted by Crippen LogP contribution is -2.39. The number of ether oxygens (including phenoxy) is 2. The second-order valence-corrected chi connectivity index (χ2v) is 8.17. The molecule has 32 heavy (non-hydrogen) atoms. The maximum Gasteiger partial charge on any atom is 0.192 e. The van der Waals surface area contributed by atoms with Crippen LogP contribution in [-0.2, 0) is 18.3 Å². The van der Waals surface area contributed by atoms with E-state index in [-0.39, 0.29) is 11.9 Å². The minimum absolute atomic E-state index is 0.152. The Labute approximate surface area is 189 Å². The molecule has 176 valence electrons. The predicted molar refractivity (Wildman–Crippen MR) is 122 cm³/mol. The largest absolute Gasteiger partial charge is 0.490 e. The van der Waals surface area contributed by atoms with Crippen molar-refractivity contribution in [1.29, 1.82) is 0 Å². The highest BCUT2D eigenvalue weighted by Gasteiger charge is 2.22. The van der Waals surface area contributed by atoms with E-state index in [0.717, 1.165) is 23.6 Å². The second-order valence-electron chi connectivity index (χ2n) is 8.17. The Hall–Kier alpha value is -2.68. The molecule has 1 aromatic carbocycles. The molecule has 0 saturated heterocycles. The van der Waals surface area contributed by atoms with Gasteiger partial charge in [-0.2, -0.15) is 0 Å². The second kappa shape index (κ2) is 11.8. The first kappa shape index (κ1) is 24.0. The Kier molecular flexibility index (Phi) is 8.84. The summed E-state index contributed by atoms with van der Waals surface area (Å²) < 4.78 is 27.4. The summed E-state index contributed by atoms with van der Waals surface area (Å²) in [6, 6.07) is 4.97. The smallest absolute Gasteiger partial charge is 0.192 e. The van der Waals surface area contributed by atoms with Gasteiger partial charge in [0.1, 0.15) is 12.4 Å². The van der Waals surface area contributed by atoms with Crippen LogP contribution in [-0.4, -0.2) is 47.1 Å². The van der Waals surface area contributed by atoms with Gasteiger partial charge in [0.2, 0.25) is 0 Å². The van der Waals surface area contributed by atoms with Crippen molar-refractivity contribution in [2.45, 2.75) is 52.6 Å². The first-order valence-electron chi connectivity index (χ1n) is 11.4. The third-order valence-corrected chi connectivity index (χ3v) is 5.50. The third-order valence-electron chi connectivity index (χ3n) is 5.50. The fraction of sp³-hybridized carbons (Fsp3) is 0.609. The Balaban J connectivity index is 1.62. The molecule has 1 atom stereocenters. The van der Waals surface area contributed by atoms with Crippen molar-refractivity contribution in [3.63, 3.8) is 0 Å². The van der Waals surface area contributed by atoms with Gasteiger partial charge in [-0.1, -0.05) is 6.07 Å². The van der Waals surface area contributed by atoms with Gasteiger partial charge in [-0.25, -0.2) is 9.38 Å². The number of rotatable bonds is 12. The highest BCUT2D eigenvalue weighted by atomic mass is 19.1. The normalized spacial score (nSPS) is 15.0. The van der Waals surface area contributed by atoms with Gasteiger partial charge in [0.15, 0.2) is 23.4 Å². The van der Waals surface area contributed by atoms with Crippen LogP contribution >= 0.6 is 0 Å².